The average molecular weight is 379 g/mol. The Morgan fingerprint density at radius 2 is 2.09 bits per heavy atom. The number of hydrogen-bond donors (Lipinski definition) is 3. The van der Waals surface area contributed by atoms with Gasteiger partial charge < -0.3 is 10.7 Å². The molecule has 2 aromatic carbocycles. The summed E-state index contributed by atoms with van der Waals surface area (Å²) in [5.41, 5.74) is 14.1. The van der Waals surface area contributed by atoms with Gasteiger partial charge in [0.2, 0.25) is 0 Å². The molecule has 0 saturated carbocycles. The maximum atomic E-state index is 11.6. The van der Waals surface area contributed by atoms with Crippen molar-refractivity contribution in [2.24, 2.45) is 11.5 Å². The minimum Gasteiger partial charge on any atom is -0.366 e. The molecule has 1 aromatic heterocycles. The summed E-state index contributed by atoms with van der Waals surface area (Å²) in [5, 5.41) is 1.42. The first-order valence-corrected chi connectivity index (χ1v) is 8.18. The highest BCUT2D eigenvalue weighted by molar-refractivity contribution is 9.10. The third kappa shape index (κ3) is 2.51. The van der Waals surface area contributed by atoms with Gasteiger partial charge in [-0.2, -0.15) is 0 Å². The molecule has 3 aromatic rings. The first kappa shape index (κ1) is 15.1. The summed E-state index contributed by atoms with van der Waals surface area (Å²) in [4.78, 5) is 14.8. The first-order chi connectivity index (χ1) is 10.5. The summed E-state index contributed by atoms with van der Waals surface area (Å²) in [6.07, 6.45) is 0.489. The Morgan fingerprint density at radius 1 is 1.32 bits per heavy atom. The predicted octanol–water partition coefficient (Wildman–Crippen LogP) is 2.44. The maximum Gasteiger partial charge on any atom is 0.479 e. The highest BCUT2D eigenvalue weighted by atomic mass is 79.9. The minimum atomic E-state index is -0.478. The zero-order valence-electron chi connectivity index (χ0n) is 11.4. The van der Waals surface area contributed by atoms with E-state index >= 15 is 0 Å². The van der Waals surface area contributed by atoms with Gasteiger partial charge in [0.15, 0.2) is 0 Å². The van der Waals surface area contributed by atoms with Crippen molar-refractivity contribution < 1.29 is 9.00 Å². The van der Waals surface area contributed by atoms with Crippen LogP contribution < -0.4 is 11.5 Å². The number of nitrogens with one attached hydrogen (secondary N) is 1. The van der Waals surface area contributed by atoms with Crippen LogP contribution in [0.2, 0.25) is 0 Å². The van der Waals surface area contributed by atoms with Gasteiger partial charge in [-0.05, 0) is 23.8 Å². The molecule has 3 rings (SSSR count). The Kier molecular flexibility index (Phi) is 3.94. The lowest BCUT2D eigenvalue weighted by Crippen LogP contribution is -2.20. The van der Waals surface area contributed by atoms with Crippen molar-refractivity contribution in [2.75, 3.05) is 0 Å². The second kappa shape index (κ2) is 5.75. The van der Waals surface area contributed by atoms with Crippen LogP contribution >= 0.6 is 15.9 Å². The van der Waals surface area contributed by atoms with Crippen molar-refractivity contribution in [1.29, 1.82) is 0 Å². The lowest BCUT2D eigenvalue weighted by atomic mass is 10.1. The topological polar surface area (TPSA) is 102 Å². The van der Waals surface area contributed by atoms with Crippen molar-refractivity contribution in [1.82, 2.24) is 4.98 Å². The first-order valence-electron chi connectivity index (χ1n) is 6.58. The van der Waals surface area contributed by atoms with Crippen molar-refractivity contribution in [3.8, 4) is 0 Å². The van der Waals surface area contributed by atoms with Crippen molar-refractivity contribution in [3.05, 3.63) is 45.9 Å². The summed E-state index contributed by atoms with van der Waals surface area (Å²) in [6, 6.07) is 9.35. The highest BCUT2D eigenvalue weighted by Crippen LogP contribution is 2.34. The molecule has 5 nitrogen and oxygen atoms in total. The van der Waals surface area contributed by atoms with Crippen molar-refractivity contribution in [2.45, 2.75) is 11.8 Å². The van der Waals surface area contributed by atoms with Crippen LogP contribution in [-0.2, 0) is 22.3 Å². The van der Waals surface area contributed by atoms with E-state index in [0.717, 1.165) is 26.3 Å². The molecule has 22 heavy (non-hydrogen) atoms. The average Bonchev–Trinajstić information content (AvgIpc) is 2.86. The second-order valence-electron chi connectivity index (χ2n) is 5.05. The molecule has 0 aliphatic heterocycles. The molecule has 1 heterocycles. The molecule has 0 fully saturated rings. The van der Waals surface area contributed by atoms with E-state index in [-0.39, 0.29) is 0 Å². The second-order valence-corrected chi connectivity index (χ2v) is 6.71. The molecule has 0 saturated heterocycles. The largest absolute Gasteiger partial charge is 0.479 e. The van der Waals surface area contributed by atoms with Crippen LogP contribution in [0.15, 0.2) is 34.8 Å². The van der Waals surface area contributed by atoms with Gasteiger partial charge in [0.25, 0.3) is 11.3 Å². The molecular formula is C15H13BrN3O2S+. The Labute approximate surface area is 138 Å². The molecule has 0 aliphatic rings. The lowest BCUT2D eigenvalue weighted by Gasteiger charge is -2.01. The van der Waals surface area contributed by atoms with E-state index in [1.807, 2.05) is 24.3 Å². The van der Waals surface area contributed by atoms with E-state index in [9.17, 15) is 9.00 Å². The van der Waals surface area contributed by atoms with Crippen LogP contribution in [0.3, 0.4) is 0 Å². The number of hydrogen-bond acceptors (Lipinski definition) is 3. The van der Waals surface area contributed by atoms with Gasteiger partial charge in [0, 0.05) is 31.4 Å². The number of aromatic amines is 1. The highest BCUT2D eigenvalue weighted by Gasteiger charge is 2.18. The number of nitrogens with two attached hydrogens (primary N) is 2. The fraction of sp³-hybridized carbons (Fsp3) is 0.133. The van der Waals surface area contributed by atoms with Crippen molar-refractivity contribution in [3.63, 3.8) is 0 Å². The van der Waals surface area contributed by atoms with Gasteiger partial charge in [-0.3, -0.25) is 10.5 Å². The Hall–Kier alpha value is -1.83. The van der Waals surface area contributed by atoms with E-state index in [1.54, 1.807) is 6.07 Å². The van der Waals surface area contributed by atoms with Crippen LogP contribution in [0.5, 0.6) is 0 Å². The molecule has 112 valence electrons. The van der Waals surface area contributed by atoms with Gasteiger partial charge in [0.05, 0.1) is 11.1 Å². The van der Waals surface area contributed by atoms with Crippen LogP contribution in [-0.4, -0.2) is 16.3 Å². The van der Waals surface area contributed by atoms with E-state index in [4.69, 9.17) is 11.5 Å². The Balaban J connectivity index is 2.25. The number of amides is 1. The maximum absolute atomic E-state index is 11.6. The van der Waals surface area contributed by atoms with Crippen LogP contribution in [0.4, 0.5) is 0 Å². The number of carbonyl (C=O) groups is 1. The quantitative estimate of drug-likeness (QED) is 0.479. The summed E-state index contributed by atoms with van der Waals surface area (Å²) in [7, 11) is 0. The van der Waals surface area contributed by atoms with E-state index < -0.39 is 11.3 Å². The fourth-order valence-electron chi connectivity index (χ4n) is 2.62. The van der Waals surface area contributed by atoms with Crippen LogP contribution in [0, 0.1) is 0 Å². The summed E-state index contributed by atoms with van der Waals surface area (Å²) in [6.45, 7) is 0. The summed E-state index contributed by atoms with van der Waals surface area (Å²) < 4.78 is 11.6. The van der Waals surface area contributed by atoms with E-state index in [1.165, 1.54) is 0 Å². The summed E-state index contributed by atoms with van der Waals surface area (Å²) >= 11 is 3.90. The molecule has 7 heteroatoms. The normalized spacial score (nSPS) is 12.6. The molecule has 1 unspecified atom stereocenters. The van der Waals surface area contributed by atoms with E-state index in [2.05, 4.69) is 20.9 Å². The molecule has 1 atom stereocenters. The zero-order valence-corrected chi connectivity index (χ0v) is 13.8. The lowest BCUT2D eigenvalue weighted by molar-refractivity contribution is 0.100. The molecule has 5 N–H and O–H groups in total. The predicted molar refractivity (Wildman–Crippen MR) is 91.8 cm³/mol. The van der Waals surface area contributed by atoms with Crippen LogP contribution in [0.25, 0.3) is 21.8 Å². The number of benzene rings is 2. The Morgan fingerprint density at radius 3 is 2.77 bits per heavy atom. The monoisotopic (exact) mass is 378 g/mol. The molecular weight excluding hydrogens is 366 g/mol. The smallest absolute Gasteiger partial charge is 0.366 e. The molecule has 1 amide bonds. The third-order valence-electron chi connectivity index (χ3n) is 3.59. The molecule has 0 bridgehead atoms. The number of fused-ring (bicyclic) bond motifs is 3. The number of aromatic nitrogens is 1. The van der Waals surface area contributed by atoms with Gasteiger partial charge >= 0.3 is 11.7 Å². The number of H-pyrrole nitrogens is 1. The number of halogens is 1. The van der Waals surface area contributed by atoms with Crippen LogP contribution in [0.1, 0.15) is 15.9 Å². The fourth-order valence-corrected chi connectivity index (χ4v) is 3.42. The van der Waals surface area contributed by atoms with Gasteiger partial charge in [-0.15, -0.1) is 0 Å². The number of carbonyl (C=O) groups excluding carboxylic acids is 1. The number of primary amides is 1. The molecule has 0 aliphatic carbocycles. The zero-order chi connectivity index (χ0) is 15.9. The molecule has 0 spiro atoms. The SMILES string of the molecule is NC(=O)c1ccc(Br)c2c1[nH]c1cc(CC(N)[S+]=O)ccc12. The minimum absolute atomic E-state index is 0.388. The standard InChI is InChI=1S/C15H12BrN3O2S/c16-10-4-3-9(15(18)20)14-13(10)8-2-1-7(5-11(8)19-14)6-12(17)22-21/h1-5,12H,6,17H2,(H2-,18,19,20)/p+1. The van der Waals surface area contributed by atoms with Gasteiger partial charge in [-0.25, -0.2) is 0 Å². The van der Waals surface area contributed by atoms with Gasteiger partial charge in [-0.1, -0.05) is 28.1 Å². The Bertz CT molecular complexity index is 907. The summed E-state index contributed by atoms with van der Waals surface area (Å²) in [5.74, 6) is -0.478. The van der Waals surface area contributed by atoms with Crippen molar-refractivity contribution >= 4 is 55.3 Å². The van der Waals surface area contributed by atoms with Gasteiger partial charge in [0.1, 0.15) is 0 Å². The third-order valence-corrected chi connectivity index (χ3v) is 4.67. The molecule has 0 radical (unpaired) electrons. The van der Waals surface area contributed by atoms with E-state index in [0.29, 0.717) is 29.2 Å². The number of rotatable bonds is 4.